The molecule has 1 aliphatic rings. The van der Waals surface area contributed by atoms with Gasteiger partial charge in [0.05, 0.1) is 23.0 Å². The number of carboxylic acids is 1. The molecule has 9 heteroatoms. The fourth-order valence-corrected chi connectivity index (χ4v) is 4.54. The van der Waals surface area contributed by atoms with Gasteiger partial charge in [-0.2, -0.15) is 4.31 Å². The molecule has 4 atom stereocenters. The van der Waals surface area contributed by atoms with Gasteiger partial charge in [-0.1, -0.05) is 6.07 Å². The van der Waals surface area contributed by atoms with Gasteiger partial charge in [0, 0.05) is 24.7 Å². The van der Waals surface area contributed by atoms with Gasteiger partial charge < -0.3 is 15.2 Å². The Morgan fingerprint density at radius 1 is 1.22 bits per heavy atom. The first kappa shape index (κ1) is 21.3. The normalized spacial score (nSPS) is 23.4. The molecule has 0 spiro atoms. The summed E-state index contributed by atoms with van der Waals surface area (Å²) in [6, 6.07) is 5.15. The standard InChI is InChI=1S/C18H26N2O6S/c1-11-9-20(10-12(2)26-11)27(24,25)16-7-5-6-15(8-16)17(21)19-14(4)13(3)18(22)23/h5-8,11-14H,9-10H2,1-4H3,(H,19,21)(H,22,23). The average molecular weight is 398 g/mol. The second-order valence-electron chi connectivity index (χ2n) is 7.00. The molecule has 0 radical (unpaired) electrons. The number of carbonyl (C=O) groups is 2. The van der Waals surface area contributed by atoms with Gasteiger partial charge in [-0.3, -0.25) is 9.59 Å². The Morgan fingerprint density at radius 2 is 1.81 bits per heavy atom. The van der Waals surface area contributed by atoms with E-state index in [0.717, 1.165) is 0 Å². The van der Waals surface area contributed by atoms with E-state index in [4.69, 9.17) is 9.84 Å². The lowest BCUT2D eigenvalue weighted by atomic mass is 10.0. The van der Waals surface area contributed by atoms with Crippen LogP contribution in [0.5, 0.6) is 0 Å². The molecular weight excluding hydrogens is 372 g/mol. The van der Waals surface area contributed by atoms with Crippen LogP contribution in [0.25, 0.3) is 0 Å². The number of sulfonamides is 1. The third-order valence-corrected chi connectivity index (χ3v) is 6.45. The summed E-state index contributed by atoms with van der Waals surface area (Å²) >= 11 is 0. The highest BCUT2D eigenvalue weighted by atomic mass is 32.2. The summed E-state index contributed by atoms with van der Waals surface area (Å²) < 4.78 is 32.8. The maximum Gasteiger partial charge on any atom is 0.308 e. The fraction of sp³-hybridized carbons (Fsp3) is 0.556. The van der Waals surface area contributed by atoms with Gasteiger partial charge in [0.1, 0.15) is 0 Å². The number of nitrogens with zero attached hydrogens (tertiary/aromatic N) is 1. The molecule has 150 valence electrons. The highest BCUT2D eigenvalue weighted by Crippen LogP contribution is 2.22. The van der Waals surface area contributed by atoms with Crippen molar-refractivity contribution in [1.29, 1.82) is 0 Å². The predicted octanol–water partition coefficient (Wildman–Crippen LogP) is 1.32. The zero-order chi connectivity index (χ0) is 20.4. The molecule has 1 fully saturated rings. The third kappa shape index (κ3) is 5.06. The number of rotatable bonds is 6. The minimum Gasteiger partial charge on any atom is -0.481 e. The number of morpholine rings is 1. The molecule has 4 unspecified atom stereocenters. The van der Waals surface area contributed by atoms with E-state index in [-0.39, 0.29) is 35.8 Å². The number of carboxylic acid groups (broad SMARTS) is 1. The number of benzene rings is 1. The molecule has 0 aliphatic carbocycles. The molecule has 1 aliphatic heterocycles. The largest absolute Gasteiger partial charge is 0.481 e. The summed E-state index contributed by atoms with van der Waals surface area (Å²) in [7, 11) is -3.76. The zero-order valence-electron chi connectivity index (χ0n) is 15.9. The van der Waals surface area contributed by atoms with Crippen molar-refractivity contribution in [2.24, 2.45) is 5.92 Å². The minimum atomic E-state index is -3.76. The van der Waals surface area contributed by atoms with Crippen LogP contribution in [0.4, 0.5) is 0 Å². The number of aliphatic carboxylic acids is 1. The maximum absolute atomic E-state index is 12.9. The van der Waals surface area contributed by atoms with Crippen molar-refractivity contribution in [3.05, 3.63) is 29.8 Å². The van der Waals surface area contributed by atoms with E-state index < -0.39 is 33.9 Å². The Bertz CT molecular complexity index is 800. The summed E-state index contributed by atoms with van der Waals surface area (Å²) in [5.41, 5.74) is 0.162. The molecule has 8 nitrogen and oxygen atoms in total. The summed E-state index contributed by atoms with van der Waals surface area (Å²) in [6.07, 6.45) is -0.429. The second-order valence-corrected chi connectivity index (χ2v) is 8.93. The quantitative estimate of drug-likeness (QED) is 0.747. The number of amides is 1. The van der Waals surface area contributed by atoms with Gasteiger partial charge in [-0.15, -0.1) is 0 Å². The van der Waals surface area contributed by atoms with Crippen LogP contribution in [-0.4, -0.2) is 61.0 Å². The van der Waals surface area contributed by atoms with Gasteiger partial charge in [0.2, 0.25) is 10.0 Å². The number of ether oxygens (including phenoxy) is 1. The Labute approximate surface area is 159 Å². The van der Waals surface area contributed by atoms with E-state index in [1.165, 1.54) is 35.5 Å². The Balaban J connectivity index is 2.21. The summed E-state index contributed by atoms with van der Waals surface area (Å²) in [4.78, 5) is 23.5. The molecular formula is C18H26N2O6S. The van der Waals surface area contributed by atoms with E-state index >= 15 is 0 Å². The van der Waals surface area contributed by atoms with Crippen molar-refractivity contribution in [2.75, 3.05) is 13.1 Å². The first-order chi connectivity index (χ1) is 12.5. The van der Waals surface area contributed by atoms with Crippen molar-refractivity contribution in [1.82, 2.24) is 9.62 Å². The van der Waals surface area contributed by atoms with Crippen molar-refractivity contribution < 1.29 is 27.9 Å². The third-order valence-electron chi connectivity index (χ3n) is 4.62. The Hall–Kier alpha value is -1.97. The molecule has 2 N–H and O–H groups in total. The molecule has 1 saturated heterocycles. The van der Waals surface area contributed by atoms with Crippen LogP contribution < -0.4 is 5.32 Å². The van der Waals surface area contributed by atoms with E-state index in [1.54, 1.807) is 6.92 Å². The van der Waals surface area contributed by atoms with Crippen LogP contribution in [0.15, 0.2) is 29.2 Å². The monoisotopic (exact) mass is 398 g/mol. The van der Waals surface area contributed by atoms with E-state index in [1.807, 2.05) is 13.8 Å². The van der Waals surface area contributed by atoms with Crippen molar-refractivity contribution in [3.63, 3.8) is 0 Å². The SMILES string of the molecule is CC1CN(S(=O)(=O)c2cccc(C(=O)NC(C)C(C)C(=O)O)c2)CC(C)O1. The van der Waals surface area contributed by atoms with Crippen LogP contribution in [0, 0.1) is 5.92 Å². The molecule has 1 heterocycles. The molecule has 0 bridgehead atoms. The van der Waals surface area contributed by atoms with Crippen molar-refractivity contribution in [3.8, 4) is 0 Å². The van der Waals surface area contributed by atoms with E-state index in [9.17, 15) is 18.0 Å². The zero-order valence-corrected chi connectivity index (χ0v) is 16.7. The van der Waals surface area contributed by atoms with Crippen LogP contribution in [0.2, 0.25) is 0 Å². The predicted molar refractivity (Wildman–Crippen MR) is 98.9 cm³/mol. The number of hydrogen-bond donors (Lipinski definition) is 2. The van der Waals surface area contributed by atoms with Crippen molar-refractivity contribution in [2.45, 2.75) is 50.8 Å². The van der Waals surface area contributed by atoms with Crippen LogP contribution >= 0.6 is 0 Å². The highest BCUT2D eigenvalue weighted by Gasteiger charge is 2.32. The smallest absolute Gasteiger partial charge is 0.308 e. The van der Waals surface area contributed by atoms with Gasteiger partial charge in [0.15, 0.2) is 0 Å². The van der Waals surface area contributed by atoms with Gasteiger partial charge >= 0.3 is 5.97 Å². The summed E-state index contributed by atoms with van der Waals surface area (Å²) in [5, 5.41) is 11.6. The molecule has 1 aromatic carbocycles. The number of hydrogen-bond acceptors (Lipinski definition) is 5. The Morgan fingerprint density at radius 3 is 2.37 bits per heavy atom. The van der Waals surface area contributed by atoms with Crippen molar-refractivity contribution >= 4 is 21.9 Å². The Kier molecular flexibility index (Phi) is 6.61. The fourth-order valence-electron chi connectivity index (χ4n) is 2.90. The molecule has 0 aromatic heterocycles. The van der Waals surface area contributed by atoms with E-state index in [0.29, 0.717) is 0 Å². The highest BCUT2D eigenvalue weighted by molar-refractivity contribution is 7.89. The second kappa shape index (κ2) is 8.37. The first-order valence-electron chi connectivity index (χ1n) is 8.81. The first-order valence-corrected chi connectivity index (χ1v) is 10.3. The minimum absolute atomic E-state index is 0.0235. The molecule has 1 aromatic rings. The number of carbonyl (C=O) groups excluding carboxylic acids is 1. The lowest BCUT2D eigenvalue weighted by Gasteiger charge is -2.34. The molecule has 27 heavy (non-hydrogen) atoms. The molecule has 2 rings (SSSR count). The number of nitrogens with one attached hydrogen (secondary N) is 1. The topological polar surface area (TPSA) is 113 Å². The molecule has 0 saturated carbocycles. The molecule has 1 amide bonds. The van der Waals surface area contributed by atoms with E-state index in [2.05, 4.69) is 5.32 Å². The maximum atomic E-state index is 12.9. The lowest BCUT2D eigenvalue weighted by molar-refractivity contribution is -0.141. The van der Waals surface area contributed by atoms with Crippen LogP contribution in [0.3, 0.4) is 0 Å². The van der Waals surface area contributed by atoms with Crippen LogP contribution in [0.1, 0.15) is 38.1 Å². The average Bonchev–Trinajstić information content (AvgIpc) is 2.60. The van der Waals surface area contributed by atoms with Gasteiger partial charge in [-0.05, 0) is 45.9 Å². The van der Waals surface area contributed by atoms with Gasteiger partial charge in [-0.25, -0.2) is 8.42 Å². The summed E-state index contributed by atoms with van der Waals surface area (Å²) in [6.45, 7) is 7.20. The summed E-state index contributed by atoms with van der Waals surface area (Å²) in [5.74, 6) is -2.30. The lowest BCUT2D eigenvalue weighted by Crippen LogP contribution is -2.48. The van der Waals surface area contributed by atoms with Crippen LogP contribution in [-0.2, 0) is 19.6 Å². The van der Waals surface area contributed by atoms with Gasteiger partial charge in [0.25, 0.3) is 5.91 Å².